The number of rotatable bonds is 11. The second-order valence-corrected chi connectivity index (χ2v) is 23.0. The van der Waals surface area contributed by atoms with Crippen molar-refractivity contribution in [1.29, 1.82) is 0 Å². The van der Waals surface area contributed by atoms with Crippen LogP contribution in [0.1, 0.15) is 111 Å². The van der Waals surface area contributed by atoms with E-state index < -0.39 is 23.8 Å². The lowest BCUT2D eigenvalue weighted by atomic mass is 9.80. The standard InChI is InChI=1S/C55H68Cl2N6O9S/c1-32-44-33(2)48(57)49(47(32)56)70-40(26-63-20-18-62(6)19-21-63)29-68-39-14-15-42(69-27-37-16-17-58-51(61-37)35-10-12-38(13-11-35)67-30-41-28-65-22-23-66-41)36(24-39)25-43(54(64)72-55(3,4)5)71-52-46-45(44)50(34-8-7-9-34)73-53(46)60-31-59-52/h14-17,24,31,34-35,38,40-41,43H,7-13,18-23,25-30H2,1-6H3/t35?,38?,40-,41?,43-/m1/s1. The lowest BCUT2D eigenvalue weighted by molar-refractivity contribution is -0.163. The molecular weight excluding hydrogens is 992 g/mol. The van der Waals surface area contributed by atoms with E-state index in [9.17, 15) is 4.79 Å². The molecule has 18 heteroatoms. The van der Waals surface area contributed by atoms with Crippen molar-refractivity contribution in [3.05, 3.63) is 79.9 Å². The van der Waals surface area contributed by atoms with Crippen molar-refractivity contribution >= 4 is 50.7 Å². The Morgan fingerprint density at radius 2 is 1.66 bits per heavy atom. The van der Waals surface area contributed by atoms with E-state index in [1.807, 2.05) is 58.9 Å². The summed E-state index contributed by atoms with van der Waals surface area (Å²) in [5.41, 5.74) is 4.04. The topological polar surface area (TPSA) is 149 Å². The number of piperazine rings is 1. The molecule has 1 unspecified atom stereocenters. The lowest BCUT2D eigenvalue weighted by Crippen LogP contribution is -2.49. The molecule has 2 saturated heterocycles. The summed E-state index contributed by atoms with van der Waals surface area (Å²) in [6.07, 6.45) is 8.82. The van der Waals surface area contributed by atoms with Crippen LogP contribution in [-0.4, -0.2) is 139 Å². The van der Waals surface area contributed by atoms with Gasteiger partial charge in [0.1, 0.15) is 59.5 Å². The van der Waals surface area contributed by atoms with E-state index in [1.54, 1.807) is 17.5 Å². The molecule has 11 rings (SSSR count). The van der Waals surface area contributed by atoms with E-state index in [4.69, 9.17) is 81.0 Å². The zero-order valence-electron chi connectivity index (χ0n) is 42.9. The molecule has 0 radical (unpaired) electrons. The number of thiophene rings is 1. The fourth-order valence-electron chi connectivity index (χ4n) is 10.5. The van der Waals surface area contributed by atoms with Gasteiger partial charge in [-0.1, -0.05) is 29.6 Å². The van der Waals surface area contributed by atoms with Crippen LogP contribution in [0.5, 0.6) is 23.1 Å². The Bertz CT molecular complexity index is 2720. The molecule has 5 aromatic rings. The molecule has 3 aromatic heterocycles. The second-order valence-electron chi connectivity index (χ2n) is 21.2. The second kappa shape index (κ2) is 22.8. The highest BCUT2D eigenvalue weighted by Gasteiger charge is 2.36. The molecule has 0 N–H and O–H groups in total. The van der Waals surface area contributed by atoms with Gasteiger partial charge in [-0.3, -0.25) is 4.90 Å². The highest BCUT2D eigenvalue weighted by atomic mass is 35.5. The predicted molar refractivity (Wildman–Crippen MR) is 281 cm³/mol. The van der Waals surface area contributed by atoms with Crippen LogP contribution in [-0.2, 0) is 36.8 Å². The first-order chi connectivity index (χ1) is 35.2. The largest absolute Gasteiger partial charge is 0.490 e. The van der Waals surface area contributed by atoms with Gasteiger partial charge in [0.2, 0.25) is 12.0 Å². The van der Waals surface area contributed by atoms with E-state index in [-0.39, 0.29) is 43.6 Å². The monoisotopic (exact) mass is 1060 g/mol. The van der Waals surface area contributed by atoms with Crippen molar-refractivity contribution in [2.45, 2.75) is 134 Å². The maximum Gasteiger partial charge on any atom is 0.348 e. The number of hydrogen-bond acceptors (Lipinski definition) is 16. The SMILES string of the molecule is Cc1c(Cl)c2c(Cl)c(C)c1-c1c(C3CCC3)sc3ncnc(c13)O[C@@H](C(=O)OC(C)(C)C)Cc1cc(ccc1OCc1ccnc(C3CCC(OCC4COCCO4)CC3)n1)OC[C@@H](CN1CCN(C)CC1)O2. The molecule has 2 saturated carbocycles. The van der Waals surface area contributed by atoms with Crippen LogP contribution in [0.3, 0.4) is 0 Å². The summed E-state index contributed by atoms with van der Waals surface area (Å²) in [5, 5.41) is 1.56. The molecule has 0 spiro atoms. The smallest absolute Gasteiger partial charge is 0.348 e. The third kappa shape index (κ3) is 12.2. The first-order valence-corrected chi connectivity index (χ1v) is 27.6. The molecular formula is C55H68Cl2N6O9S. The first-order valence-electron chi connectivity index (χ1n) is 26.0. The van der Waals surface area contributed by atoms with E-state index in [1.165, 1.54) is 11.2 Å². The summed E-state index contributed by atoms with van der Waals surface area (Å²) in [6.45, 7) is 16.5. The van der Waals surface area contributed by atoms with E-state index in [0.29, 0.717) is 77.1 Å². The Morgan fingerprint density at radius 3 is 2.37 bits per heavy atom. The Morgan fingerprint density at radius 1 is 0.877 bits per heavy atom. The van der Waals surface area contributed by atoms with Crippen molar-refractivity contribution in [2.75, 3.05) is 72.8 Å². The molecule has 6 aliphatic rings. The number of benzene rings is 2. The van der Waals surface area contributed by atoms with Crippen LogP contribution in [0.2, 0.25) is 10.0 Å². The Labute approximate surface area is 442 Å². The van der Waals surface area contributed by atoms with Crippen molar-refractivity contribution in [1.82, 2.24) is 29.7 Å². The number of nitrogens with zero attached hydrogens (tertiary/aromatic N) is 6. The van der Waals surface area contributed by atoms with Gasteiger partial charge in [-0.05, 0) is 127 Å². The fourth-order valence-corrected chi connectivity index (χ4v) is 12.3. The first kappa shape index (κ1) is 52.1. The van der Waals surface area contributed by atoms with Gasteiger partial charge in [0, 0.05) is 67.3 Å². The van der Waals surface area contributed by atoms with E-state index in [2.05, 4.69) is 16.8 Å². The van der Waals surface area contributed by atoms with Crippen LogP contribution in [0.25, 0.3) is 21.3 Å². The molecule has 4 fully saturated rings. The number of likely N-dealkylation sites (N-methyl/N-ethyl adjacent to an activating group) is 1. The molecule has 7 heterocycles. The predicted octanol–water partition coefficient (Wildman–Crippen LogP) is 10.1. The quantitative estimate of drug-likeness (QED) is 0.115. The number of hydrogen-bond donors (Lipinski definition) is 0. The average Bonchev–Trinajstić information content (AvgIpc) is 3.73. The Hall–Kier alpha value is -4.39. The lowest BCUT2D eigenvalue weighted by Gasteiger charge is -2.35. The minimum atomic E-state index is -1.16. The molecule has 2 aliphatic carbocycles. The molecule has 73 heavy (non-hydrogen) atoms. The number of aromatic nitrogens is 4. The highest BCUT2D eigenvalue weighted by Crippen LogP contribution is 2.54. The number of carbonyl (C=O) groups is 1. The third-order valence-electron chi connectivity index (χ3n) is 14.7. The molecule has 2 aromatic carbocycles. The van der Waals surface area contributed by atoms with Gasteiger partial charge in [0.15, 0.2) is 5.75 Å². The van der Waals surface area contributed by atoms with Crippen LogP contribution in [0.15, 0.2) is 36.8 Å². The third-order valence-corrected chi connectivity index (χ3v) is 16.9. The minimum Gasteiger partial charge on any atom is -0.490 e. The van der Waals surface area contributed by atoms with Crippen molar-refractivity contribution in [3.63, 3.8) is 0 Å². The highest BCUT2D eigenvalue weighted by molar-refractivity contribution is 7.19. The van der Waals surface area contributed by atoms with Crippen LogP contribution >= 0.6 is 34.5 Å². The van der Waals surface area contributed by atoms with Gasteiger partial charge >= 0.3 is 5.97 Å². The zero-order chi connectivity index (χ0) is 50.8. The summed E-state index contributed by atoms with van der Waals surface area (Å²) in [6, 6.07) is 7.54. The minimum absolute atomic E-state index is 0.00829. The van der Waals surface area contributed by atoms with Crippen LogP contribution < -0.4 is 18.9 Å². The molecule has 392 valence electrons. The van der Waals surface area contributed by atoms with Gasteiger partial charge in [0.25, 0.3) is 0 Å². The van der Waals surface area contributed by atoms with E-state index in [0.717, 1.165) is 110 Å². The molecule has 0 amide bonds. The number of halogens is 2. The Balaban J connectivity index is 0.992. The average molecular weight is 1060 g/mol. The van der Waals surface area contributed by atoms with Gasteiger partial charge in [-0.2, -0.15) is 0 Å². The summed E-state index contributed by atoms with van der Waals surface area (Å²) < 4.78 is 50.9. The van der Waals surface area contributed by atoms with Gasteiger partial charge in [0.05, 0.1) is 53.7 Å². The summed E-state index contributed by atoms with van der Waals surface area (Å²) in [5.74, 6) is 2.55. The number of esters is 1. The van der Waals surface area contributed by atoms with Gasteiger partial charge in [-0.15, -0.1) is 11.3 Å². The van der Waals surface area contributed by atoms with E-state index >= 15 is 0 Å². The molecule has 4 bridgehead atoms. The number of ether oxygens (including phenoxy) is 8. The number of fused-ring (bicyclic) bond motifs is 7. The normalized spacial score (nSPS) is 23.5. The van der Waals surface area contributed by atoms with Gasteiger partial charge in [-0.25, -0.2) is 24.7 Å². The fraction of sp³-hybridized carbons (Fsp3) is 0.582. The van der Waals surface area contributed by atoms with Crippen LogP contribution in [0.4, 0.5) is 0 Å². The summed E-state index contributed by atoms with van der Waals surface area (Å²) in [7, 11) is 2.14. The molecule has 15 nitrogen and oxygen atoms in total. The Kier molecular flexibility index (Phi) is 16.3. The summed E-state index contributed by atoms with van der Waals surface area (Å²) in [4.78, 5) is 40.6. The number of carbonyl (C=O) groups excluding carboxylic acids is 1. The molecule has 3 atom stereocenters. The molecule has 4 aliphatic heterocycles. The van der Waals surface area contributed by atoms with Gasteiger partial charge < -0.3 is 42.8 Å². The van der Waals surface area contributed by atoms with Crippen LogP contribution in [0, 0.1) is 13.8 Å². The maximum absolute atomic E-state index is 14.6. The van der Waals surface area contributed by atoms with Crippen molar-refractivity contribution in [3.8, 4) is 34.3 Å². The van der Waals surface area contributed by atoms with Crippen molar-refractivity contribution in [2.24, 2.45) is 0 Å². The summed E-state index contributed by atoms with van der Waals surface area (Å²) >= 11 is 16.5. The zero-order valence-corrected chi connectivity index (χ0v) is 45.2. The maximum atomic E-state index is 14.6. The van der Waals surface area contributed by atoms with Crippen molar-refractivity contribution < 1.29 is 42.7 Å².